The van der Waals surface area contributed by atoms with Gasteiger partial charge in [-0.1, -0.05) is 13.8 Å². The first-order chi connectivity index (χ1) is 11.3. The van der Waals surface area contributed by atoms with Gasteiger partial charge < -0.3 is 15.5 Å². The maximum absolute atomic E-state index is 12.1. The largest absolute Gasteiger partial charge is 0.355 e. The Bertz CT molecular complexity index is 571. The molecule has 0 aliphatic carbocycles. The van der Waals surface area contributed by atoms with E-state index in [-0.39, 0.29) is 24.2 Å². The van der Waals surface area contributed by atoms with E-state index in [1.165, 1.54) is 11.3 Å². The third kappa shape index (κ3) is 5.56. The summed E-state index contributed by atoms with van der Waals surface area (Å²) in [6.45, 7) is 11.0. The van der Waals surface area contributed by atoms with E-state index in [2.05, 4.69) is 34.4 Å². The smallest absolute Gasteiger partial charge is 0.228 e. The van der Waals surface area contributed by atoms with Gasteiger partial charge in [-0.15, -0.1) is 11.3 Å². The van der Waals surface area contributed by atoms with Crippen molar-refractivity contribution in [1.82, 2.24) is 15.2 Å². The van der Waals surface area contributed by atoms with Crippen molar-refractivity contribution in [3.05, 3.63) is 11.1 Å². The molecule has 1 aromatic heterocycles. The predicted octanol–water partition coefficient (Wildman–Crippen LogP) is 2.13. The van der Waals surface area contributed by atoms with E-state index in [4.69, 9.17) is 0 Å². The van der Waals surface area contributed by atoms with Crippen LogP contribution in [0.25, 0.3) is 0 Å². The fourth-order valence-corrected chi connectivity index (χ4v) is 3.39. The first kappa shape index (κ1) is 18.9. The third-order valence-electron chi connectivity index (χ3n) is 4.28. The van der Waals surface area contributed by atoms with Gasteiger partial charge in [0.1, 0.15) is 0 Å². The fraction of sp³-hybridized carbons (Fsp3) is 0.706. The van der Waals surface area contributed by atoms with Crippen LogP contribution >= 0.6 is 11.3 Å². The number of carbonyl (C=O) groups excluding carboxylic acids is 2. The molecule has 1 saturated heterocycles. The van der Waals surface area contributed by atoms with Crippen LogP contribution in [-0.2, 0) is 16.0 Å². The molecule has 0 radical (unpaired) electrons. The summed E-state index contributed by atoms with van der Waals surface area (Å²) in [5.74, 6) is 0.381. The molecule has 1 fully saturated rings. The van der Waals surface area contributed by atoms with Crippen molar-refractivity contribution >= 4 is 28.3 Å². The van der Waals surface area contributed by atoms with Crippen LogP contribution in [-0.4, -0.2) is 47.4 Å². The molecule has 1 aliphatic rings. The van der Waals surface area contributed by atoms with Crippen molar-refractivity contribution in [2.24, 2.45) is 11.8 Å². The van der Waals surface area contributed by atoms with E-state index in [9.17, 15) is 9.59 Å². The van der Waals surface area contributed by atoms with Crippen molar-refractivity contribution in [3.63, 3.8) is 0 Å². The van der Waals surface area contributed by atoms with E-state index in [1.807, 2.05) is 19.2 Å². The van der Waals surface area contributed by atoms with Crippen molar-refractivity contribution in [1.29, 1.82) is 0 Å². The number of aromatic nitrogens is 1. The van der Waals surface area contributed by atoms with Gasteiger partial charge in [-0.2, -0.15) is 0 Å². The molecule has 6 nitrogen and oxygen atoms in total. The lowest BCUT2D eigenvalue weighted by molar-refractivity contribution is -0.120. The Hall–Kier alpha value is -1.47. The topological polar surface area (TPSA) is 74.3 Å². The molecule has 2 heterocycles. The number of nitrogens with zero attached hydrogens (tertiary/aromatic N) is 2. The number of hydrogen-bond donors (Lipinski definition) is 2. The molecule has 2 rings (SSSR count). The summed E-state index contributed by atoms with van der Waals surface area (Å²) in [5, 5.41) is 8.15. The first-order valence-corrected chi connectivity index (χ1v) is 9.49. The van der Waals surface area contributed by atoms with Gasteiger partial charge in [0.25, 0.3) is 0 Å². The van der Waals surface area contributed by atoms with Crippen LogP contribution in [0, 0.1) is 11.8 Å². The molecule has 7 heteroatoms. The molecule has 0 unspecified atom stereocenters. The summed E-state index contributed by atoms with van der Waals surface area (Å²) < 4.78 is 0. The molecule has 0 spiro atoms. The van der Waals surface area contributed by atoms with E-state index in [1.54, 1.807) is 0 Å². The number of thiazole rings is 1. The van der Waals surface area contributed by atoms with Gasteiger partial charge in [0, 0.05) is 30.4 Å². The minimum atomic E-state index is -0.0857. The quantitative estimate of drug-likeness (QED) is 0.788. The Kier molecular flexibility index (Phi) is 6.74. The maximum Gasteiger partial charge on any atom is 0.228 e. The molecule has 2 amide bonds. The number of carbonyl (C=O) groups is 2. The molecule has 1 aromatic rings. The predicted molar refractivity (Wildman–Crippen MR) is 97.1 cm³/mol. The Morgan fingerprint density at radius 2 is 2.12 bits per heavy atom. The average Bonchev–Trinajstić information content (AvgIpc) is 3.14. The van der Waals surface area contributed by atoms with Gasteiger partial charge in [-0.3, -0.25) is 9.59 Å². The molecule has 24 heavy (non-hydrogen) atoms. The van der Waals surface area contributed by atoms with Crippen LogP contribution in [0.5, 0.6) is 0 Å². The van der Waals surface area contributed by atoms with E-state index in [0.717, 1.165) is 26.1 Å². The van der Waals surface area contributed by atoms with Gasteiger partial charge in [-0.25, -0.2) is 4.98 Å². The Morgan fingerprint density at radius 1 is 1.38 bits per heavy atom. The van der Waals surface area contributed by atoms with Crippen molar-refractivity contribution in [2.45, 2.75) is 46.6 Å². The van der Waals surface area contributed by atoms with Crippen LogP contribution in [0.1, 0.15) is 39.8 Å². The van der Waals surface area contributed by atoms with Gasteiger partial charge >= 0.3 is 0 Å². The number of amides is 2. The number of hydrogen-bond acceptors (Lipinski definition) is 5. The zero-order valence-corrected chi connectivity index (χ0v) is 15.8. The van der Waals surface area contributed by atoms with E-state index < -0.39 is 0 Å². The Labute approximate surface area is 148 Å². The molecule has 0 saturated carbocycles. The Morgan fingerprint density at radius 3 is 2.75 bits per heavy atom. The molecule has 1 aliphatic heterocycles. The lowest BCUT2D eigenvalue weighted by Crippen LogP contribution is -2.33. The van der Waals surface area contributed by atoms with Gasteiger partial charge in [0.05, 0.1) is 12.1 Å². The van der Waals surface area contributed by atoms with Gasteiger partial charge in [-0.05, 0) is 32.7 Å². The standard InChI is InChI=1S/C17H28N4O2S/c1-11(2)16(23)20-17-19-14(10-24-17)7-15(22)18-8-13-5-6-21(9-13)12(3)4/h10-13H,5-9H2,1-4H3,(H,18,22)(H,19,20,23)/t13-/m1/s1. The molecule has 134 valence electrons. The van der Waals surface area contributed by atoms with Crippen LogP contribution in [0.2, 0.25) is 0 Å². The second-order valence-electron chi connectivity index (χ2n) is 7.01. The number of rotatable bonds is 7. The molecular weight excluding hydrogens is 324 g/mol. The highest BCUT2D eigenvalue weighted by molar-refractivity contribution is 7.13. The third-order valence-corrected chi connectivity index (χ3v) is 5.09. The van der Waals surface area contributed by atoms with Crippen LogP contribution < -0.4 is 10.6 Å². The van der Waals surface area contributed by atoms with E-state index in [0.29, 0.717) is 22.8 Å². The summed E-state index contributed by atoms with van der Waals surface area (Å²) >= 11 is 1.35. The molecule has 2 N–H and O–H groups in total. The lowest BCUT2D eigenvalue weighted by atomic mass is 10.1. The summed E-state index contributed by atoms with van der Waals surface area (Å²) in [5.41, 5.74) is 0.701. The van der Waals surface area contributed by atoms with Crippen LogP contribution in [0.15, 0.2) is 5.38 Å². The average molecular weight is 353 g/mol. The molecule has 0 aromatic carbocycles. The molecule has 1 atom stereocenters. The minimum Gasteiger partial charge on any atom is -0.355 e. The zero-order valence-electron chi connectivity index (χ0n) is 15.0. The van der Waals surface area contributed by atoms with Gasteiger partial charge in [0.15, 0.2) is 5.13 Å². The zero-order chi connectivity index (χ0) is 17.7. The SMILES string of the molecule is CC(C)C(=O)Nc1nc(CC(=O)NC[C@H]2CCN(C(C)C)C2)cs1. The van der Waals surface area contributed by atoms with Crippen molar-refractivity contribution < 1.29 is 9.59 Å². The van der Waals surface area contributed by atoms with Crippen LogP contribution in [0.4, 0.5) is 5.13 Å². The summed E-state index contributed by atoms with van der Waals surface area (Å²) in [6, 6.07) is 0.570. The number of anilines is 1. The Balaban J connectivity index is 1.73. The molecule has 0 bridgehead atoms. The van der Waals surface area contributed by atoms with E-state index >= 15 is 0 Å². The lowest BCUT2D eigenvalue weighted by Gasteiger charge is -2.20. The summed E-state index contributed by atoms with van der Waals surface area (Å²) in [7, 11) is 0. The monoisotopic (exact) mass is 352 g/mol. The highest BCUT2D eigenvalue weighted by Gasteiger charge is 2.24. The van der Waals surface area contributed by atoms with Crippen LogP contribution in [0.3, 0.4) is 0 Å². The number of nitrogens with one attached hydrogen (secondary N) is 2. The van der Waals surface area contributed by atoms with Gasteiger partial charge in [0.2, 0.25) is 11.8 Å². The first-order valence-electron chi connectivity index (χ1n) is 8.61. The minimum absolute atomic E-state index is 0.00923. The highest BCUT2D eigenvalue weighted by atomic mass is 32.1. The van der Waals surface area contributed by atoms with Crippen molar-refractivity contribution in [3.8, 4) is 0 Å². The maximum atomic E-state index is 12.1. The number of likely N-dealkylation sites (tertiary alicyclic amines) is 1. The summed E-state index contributed by atoms with van der Waals surface area (Å²) in [4.78, 5) is 30.5. The normalized spacial score (nSPS) is 18.3. The second kappa shape index (κ2) is 8.58. The molecular formula is C17H28N4O2S. The van der Waals surface area contributed by atoms with Crippen molar-refractivity contribution in [2.75, 3.05) is 25.0 Å². The highest BCUT2D eigenvalue weighted by Crippen LogP contribution is 2.18. The second-order valence-corrected chi connectivity index (χ2v) is 7.87. The summed E-state index contributed by atoms with van der Waals surface area (Å²) in [6.07, 6.45) is 1.40. The fourth-order valence-electron chi connectivity index (χ4n) is 2.68.